The van der Waals surface area contributed by atoms with Gasteiger partial charge in [0.1, 0.15) is 5.76 Å². The first-order chi connectivity index (χ1) is 7.29. The van der Waals surface area contributed by atoms with Crippen LogP contribution in [0.5, 0.6) is 0 Å². The van der Waals surface area contributed by atoms with Crippen molar-refractivity contribution in [1.29, 1.82) is 0 Å². The molecule has 1 aliphatic rings. The number of amides is 1. The molecule has 1 saturated heterocycles. The first-order valence-electron chi connectivity index (χ1n) is 4.84. The number of ether oxygens (including phenoxy) is 1. The Morgan fingerprint density at radius 1 is 1.60 bits per heavy atom. The average Bonchev–Trinajstić information content (AvgIpc) is 2.74. The third-order valence-electron chi connectivity index (χ3n) is 2.36. The van der Waals surface area contributed by atoms with Crippen LogP contribution in [0.2, 0.25) is 0 Å². The molecule has 5 nitrogen and oxygen atoms in total. The fraction of sp³-hybridized carbons (Fsp3) is 0.500. The molecule has 2 heterocycles. The lowest BCUT2D eigenvalue weighted by Gasteiger charge is -2.30. The minimum atomic E-state index is -0.351. The molecule has 15 heavy (non-hydrogen) atoms. The Morgan fingerprint density at radius 2 is 2.47 bits per heavy atom. The van der Waals surface area contributed by atoms with Gasteiger partial charge in [0.05, 0.1) is 26.0 Å². The van der Waals surface area contributed by atoms with Crippen LogP contribution in [0.3, 0.4) is 0 Å². The SMILES string of the molecule is O=C1OCC(CO)CN1Cc1ccco1. The summed E-state index contributed by atoms with van der Waals surface area (Å²) in [7, 11) is 0. The zero-order chi connectivity index (χ0) is 10.7. The van der Waals surface area contributed by atoms with Crippen LogP contribution in [0.1, 0.15) is 5.76 Å². The summed E-state index contributed by atoms with van der Waals surface area (Å²) >= 11 is 0. The van der Waals surface area contributed by atoms with Crippen LogP contribution in [0.25, 0.3) is 0 Å². The smallest absolute Gasteiger partial charge is 0.410 e. The highest BCUT2D eigenvalue weighted by Crippen LogP contribution is 2.14. The van der Waals surface area contributed by atoms with E-state index in [-0.39, 0.29) is 18.6 Å². The van der Waals surface area contributed by atoms with Gasteiger partial charge in [0.25, 0.3) is 0 Å². The molecule has 0 radical (unpaired) electrons. The maximum Gasteiger partial charge on any atom is 0.410 e. The van der Waals surface area contributed by atoms with Gasteiger partial charge in [-0.15, -0.1) is 0 Å². The lowest BCUT2D eigenvalue weighted by molar-refractivity contribution is 0.0201. The number of carbonyl (C=O) groups is 1. The van der Waals surface area contributed by atoms with Gasteiger partial charge in [0.2, 0.25) is 0 Å². The van der Waals surface area contributed by atoms with Crippen molar-refractivity contribution in [1.82, 2.24) is 4.90 Å². The summed E-state index contributed by atoms with van der Waals surface area (Å²) in [5, 5.41) is 8.98. The molecule has 5 heteroatoms. The molecule has 0 bridgehead atoms. The van der Waals surface area contributed by atoms with E-state index in [9.17, 15) is 4.79 Å². The van der Waals surface area contributed by atoms with E-state index >= 15 is 0 Å². The van der Waals surface area contributed by atoms with Crippen molar-refractivity contribution in [2.45, 2.75) is 6.54 Å². The molecule has 1 fully saturated rings. The molecule has 0 aliphatic carbocycles. The standard InChI is InChI=1S/C10H13NO4/c12-6-8-4-11(10(13)15-7-8)5-9-2-1-3-14-9/h1-3,8,12H,4-7H2. The second kappa shape index (κ2) is 4.35. The number of rotatable bonds is 3. The second-order valence-corrected chi connectivity index (χ2v) is 3.59. The van der Waals surface area contributed by atoms with Crippen molar-refractivity contribution in [3.05, 3.63) is 24.2 Å². The van der Waals surface area contributed by atoms with Gasteiger partial charge in [-0.2, -0.15) is 0 Å². The van der Waals surface area contributed by atoms with Crippen LogP contribution in [0.15, 0.2) is 22.8 Å². The maximum absolute atomic E-state index is 11.4. The molecule has 1 aromatic heterocycles. The summed E-state index contributed by atoms with van der Waals surface area (Å²) in [6, 6.07) is 3.57. The molecule has 1 N–H and O–H groups in total. The molecule has 1 atom stereocenters. The fourth-order valence-corrected chi connectivity index (χ4v) is 1.55. The fourth-order valence-electron chi connectivity index (χ4n) is 1.55. The van der Waals surface area contributed by atoms with Crippen molar-refractivity contribution in [2.24, 2.45) is 5.92 Å². The minimum Gasteiger partial charge on any atom is -0.467 e. The first kappa shape index (κ1) is 10.0. The van der Waals surface area contributed by atoms with E-state index in [1.54, 1.807) is 18.4 Å². The summed E-state index contributed by atoms with van der Waals surface area (Å²) in [5.74, 6) is 0.711. The lowest BCUT2D eigenvalue weighted by Crippen LogP contribution is -2.43. The van der Waals surface area contributed by atoms with E-state index in [2.05, 4.69) is 0 Å². The Balaban J connectivity index is 1.97. The number of carbonyl (C=O) groups excluding carboxylic acids is 1. The summed E-state index contributed by atoms with van der Waals surface area (Å²) in [6.45, 7) is 1.23. The maximum atomic E-state index is 11.4. The summed E-state index contributed by atoms with van der Waals surface area (Å²) in [4.78, 5) is 12.9. The number of hydrogen-bond acceptors (Lipinski definition) is 4. The topological polar surface area (TPSA) is 62.9 Å². The van der Waals surface area contributed by atoms with Crippen LogP contribution in [0.4, 0.5) is 4.79 Å². The Kier molecular flexibility index (Phi) is 2.91. The molecule has 82 valence electrons. The van der Waals surface area contributed by atoms with Crippen molar-refractivity contribution in [3.63, 3.8) is 0 Å². The number of cyclic esters (lactones) is 1. The molecule has 1 unspecified atom stereocenters. The normalized spacial score (nSPS) is 21.5. The van der Waals surface area contributed by atoms with E-state index < -0.39 is 0 Å². The molecule has 1 aliphatic heterocycles. The van der Waals surface area contributed by atoms with Crippen molar-refractivity contribution in [3.8, 4) is 0 Å². The Morgan fingerprint density at radius 3 is 3.13 bits per heavy atom. The van der Waals surface area contributed by atoms with Gasteiger partial charge >= 0.3 is 6.09 Å². The van der Waals surface area contributed by atoms with Crippen molar-refractivity contribution >= 4 is 6.09 Å². The molecule has 2 rings (SSSR count). The zero-order valence-corrected chi connectivity index (χ0v) is 8.26. The second-order valence-electron chi connectivity index (χ2n) is 3.59. The molecular formula is C10H13NO4. The molecule has 0 saturated carbocycles. The molecule has 1 amide bonds. The highest BCUT2D eigenvalue weighted by atomic mass is 16.6. The number of nitrogens with zero attached hydrogens (tertiary/aromatic N) is 1. The van der Waals surface area contributed by atoms with Crippen molar-refractivity contribution < 1.29 is 19.1 Å². The van der Waals surface area contributed by atoms with E-state index in [0.717, 1.165) is 0 Å². The third-order valence-corrected chi connectivity index (χ3v) is 2.36. The molecule has 1 aromatic rings. The minimum absolute atomic E-state index is 0.00216. The van der Waals surface area contributed by atoms with E-state index in [1.165, 1.54) is 4.90 Å². The number of hydrogen-bond donors (Lipinski definition) is 1. The van der Waals surface area contributed by atoms with Crippen LogP contribution >= 0.6 is 0 Å². The van der Waals surface area contributed by atoms with Gasteiger partial charge in [0, 0.05) is 12.5 Å². The molecule has 0 spiro atoms. The number of aliphatic hydroxyl groups is 1. The highest BCUT2D eigenvalue weighted by Gasteiger charge is 2.27. The zero-order valence-electron chi connectivity index (χ0n) is 8.26. The highest BCUT2D eigenvalue weighted by molar-refractivity contribution is 5.68. The Bertz CT molecular complexity index is 322. The largest absolute Gasteiger partial charge is 0.467 e. The summed E-state index contributed by atoms with van der Waals surface area (Å²) < 4.78 is 10.1. The monoisotopic (exact) mass is 211 g/mol. The van der Waals surface area contributed by atoms with Gasteiger partial charge in [-0.25, -0.2) is 4.79 Å². The van der Waals surface area contributed by atoms with Crippen LogP contribution < -0.4 is 0 Å². The predicted octanol–water partition coefficient (Wildman–Crippen LogP) is 0.840. The summed E-state index contributed by atoms with van der Waals surface area (Å²) in [5.41, 5.74) is 0. The van der Waals surface area contributed by atoms with Gasteiger partial charge in [-0.05, 0) is 12.1 Å². The van der Waals surface area contributed by atoms with Crippen LogP contribution in [0, 0.1) is 5.92 Å². The van der Waals surface area contributed by atoms with Gasteiger partial charge in [-0.3, -0.25) is 0 Å². The number of aliphatic hydroxyl groups excluding tert-OH is 1. The lowest BCUT2D eigenvalue weighted by atomic mass is 10.1. The van der Waals surface area contributed by atoms with Gasteiger partial charge in [0.15, 0.2) is 0 Å². The van der Waals surface area contributed by atoms with Crippen LogP contribution in [-0.2, 0) is 11.3 Å². The van der Waals surface area contributed by atoms with Gasteiger partial charge < -0.3 is 19.2 Å². The average molecular weight is 211 g/mol. The Hall–Kier alpha value is -1.49. The van der Waals surface area contributed by atoms with E-state index in [1.807, 2.05) is 0 Å². The molecular weight excluding hydrogens is 198 g/mol. The third kappa shape index (κ3) is 2.30. The number of furan rings is 1. The van der Waals surface area contributed by atoms with Crippen molar-refractivity contribution in [2.75, 3.05) is 19.8 Å². The van der Waals surface area contributed by atoms with Gasteiger partial charge in [-0.1, -0.05) is 0 Å². The molecule has 0 aromatic carbocycles. The summed E-state index contributed by atoms with van der Waals surface area (Å²) in [6.07, 6.45) is 1.21. The predicted molar refractivity (Wildman–Crippen MR) is 51.0 cm³/mol. The van der Waals surface area contributed by atoms with E-state index in [0.29, 0.717) is 25.5 Å². The van der Waals surface area contributed by atoms with E-state index in [4.69, 9.17) is 14.3 Å². The Labute approximate surface area is 87.2 Å². The van der Waals surface area contributed by atoms with Crippen LogP contribution in [-0.4, -0.2) is 35.9 Å². The quantitative estimate of drug-likeness (QED) is 0.804. The first-order valence-corrected chi connectivity index (χ1v) is 4.84.